The number of aliphatic hydroxyl groups excluding tert-OH is 1. The third kappa shape index (κ3) is 3.68. The lowest BCUT2D eigenvalue weighted by atomic mass is 9.95. The fourth-order valence-corrected chi connectivity index (χ4v) is 3.16. The minimum atomic E-state index is -0.740. The lowest BCUT2D eigenvalue weighted by Crippen LogP contribution is -2.31. The van der Waals surface area contributed by atoms with Gasteiger partial charge in [-0.1, -0.05) is 12.1 Å². The standard InChI is InChI=1S/C20H20N2O5/c1-27-12-2-11-22-17(13-3-5-15(23)6-4-13)16(19(25)20(22)26)18(24)14-7-9-21-10-8-14/h3-10,17,23-24H,2,11-12H2,1H3/b18-16-. The fourth-order valence-electron chi connectivity index (χ4n) is 3.16. The molecule has 1 aliphatic heterocycles. The Balaban J connectivity index is 2.10. The van der Waals surface area contributed by atoms with Gasteiger partial charge in [-0.2, -0.15) is 0 Å². The van der Waals surface area contributed by atoms with Crippen LogP contribution in [0.25, 0.3) is 5.76 Å². The van der Waals surface area contributed by atoms with Crippen molar-refractivity contribution in [2.45, 2.75) is 12.5 Å². The topological polar surface area (TPSA) is 100.0 Å². The number of phenolic OH excluding ortho intramolecular Hbond substituents is 1. The predicted molar refractivity (Wildman–Crippen MR) is 97.8 cm³/mol. The number of rotatable bonds is 6. The number of benzene rings is 1. The Kier molecular flexibility index (Phi) is 5.52. The second kappa shape index (κ2) is 8.01. The number of phenols is 1. The molecule has 7 heteroatoms. The molecule has 2 aromatic rings. The number of aromatic hydroxyl groups is 1. The van der Waals surface area contributed by atoms with Crippen LogP contribution in [0.1, 0.15) is 23.6 Å². The average molecular weight is 368 g/mol. The van der Waals surface area contributed by atoms with Crippen molar-refractivity contribution >= 4 is 17.4 Å². The summed E-state index contributed by atoms with van der Waals surface area (Å²) in [5.74, 6) is -1.58. The van der Waals surface area contributed by atoms with Crippen LogP contribution in [0.15, 0.2) is 54.4 Å². The van der Waals surface area contributed by atoms with E-state index in [1.54, 1.807) is 31.4 Å². The maximum atomic E-state index is 12.7. The Morgan fingerprint density at radius 2 is 1.81 bits per heavy atom. The van der Waals surface area contributed by atoms with Crippen LogP contribution in [0.5, 0.6) is 5.75 Å². The van der Waals surface area contributed by atoms with E-state index < -0.39 is 17.7 Å². The van der Waals surface area contributed by atoms with Gasteiger partial charge in [-0.05, 0) is 36.2 Å². The molecule has 1 unspecified atom stereocenters. The smallest absolute Gasteiger partial charge is 0.295 e. The van der Waals surface area contributed by atoms with Crippen molar-refractivity contribution < 1.29 is 24.5 Å². The number of Topliss-reactive ketones (excluding diaryl/α,β-unsaturated/α-hetero) is 1. The van der Waals surface area contributed by atoms with Crippen molar-refractivity contribution in [1.82, 2.24) is 9.88 Å². The lowest BCUT2D eigenvalue weighted by molar-refractivity contribution is -0.140. The van der Waals surface area contributed by atoms with Crippen molar-refractivity contribution in [3.8, 4) is 5.75 Å². The minimum Gasteiger partial charge on any atom is -0.508 e. The van der Waals surface area contributed by atoms with Crippen molar-refractivity contribution in [3.05, 3.63) is 65.5 Å². The first kappa shape index (κ1) is 18.6. The summed E-state index contributed by atoms with van der Waals surface area (Å²) in [4.78, 5) is 30.7. The van der Waals surface area contributed by atoms with E-state index in [1.165, 1.54) is 29.4 Å². The zero-order valence-corrected chi connectivity index (χ0v) is 14.8. The van der Waals surface area contributed by atoms with Gasteiger partial charge in [0.15, 0.2) is 0 Å². The first-order valence-electron chi connectivity index (χ1n) is 8.51. The van der Waals surface area contributed by atoms with E-state index in [0.717, 1.165) is 0 Å². The second-order valence-electron chi connectivity index (χ2n) is 6.17. The molecule has 1 aromatic carbocycles. The highest BCUT2D eigenvalue weighted by Crippen LogP contribution is 2.39. The summed E-state index contributed by atoms with van der Waals surface area (Å²) in [6.07, 6.45) is 3.55. The molecular formula is C20H20N2O5. The van der Waals surface area contributed by atoms with Gasteiger partial charge in [0.25, 0.3) is 11.7 Å². The highest BCUT2D eigenvalue weighted by atomic mass is 16.5. The lowest BCUT2D eigenvalue weighted by Gasteiger charge is -2.25. The number of aromatic nitrogens is 1. The van der Waals surface area contributed by atoms with Crippen LogP contribution in [0.4, 0.5) is 0 Å². The summed E-state index contributed by atoms with van der Waals surface area (Å²) in [5, 5.41) is 20.3. The van der Waals surface area contributed by atoms with Gasteiger partial charge in [0.05, 0.1) is 11.6 Å². The van der Waals surface area contributed by atoms with E-state index >= 15 is 0 Å². The predicted octanol–water partition coefficient (Wildman–Crippen LogP) is 2.25. The summed E-state index contributed by atoms with van der Waals surface area (Å²) in [5.41, 5.74) is 1.05. The second-order valence-corrected chi connectivity index (χ2v) is 6.17. The van der Waals surface area contributed by atoms with Gasteiger partial charge in [-0.3, -0.25) is 14.6 Å². The molecule has 0 saturated carbocycles. The quantitative estimate of drug-likeness (QED) is 0.351. The number of methoxy groups -OCH3 is 1. The largest absolute Gasteiger partial charge is 0.508 e. The summed E-state index contributed by atoms with van der Waals surface area (Å²) < 4.78 is 5.04. The Labute approximate surface area is 156 Å². The summed E-state index contributed by atoms with van der Waals surface area (Å²) in [6.45, 7) is 0.743. The number of pyridine rings is 1. The summed E-state index contributed by atoms with van der Waals surface area (Å²) in [7, 11) is 1.56. The molecule has 140 valence electrons. The number of hydrogen-bond acceptors (Lipinski definition) is 6. The van der Waals surface area contributed by atoms with Gasteiger partial charge in [-0.15, -0.1) is 0 Å². The highest BCUT2D eigenvalue weighted by Gasteiger charge is 2.45. The van der Waals surface area contributed by atoms with Crippen LogP contribution < -0.4 is 0 Å². The third-order valence-corrected chi connectivity index (χ3v) is 4.45. The number of ether oxygens (including phenoxy) is 1. The van der Waals surface area contributed by atoms with Crippen molar-refractivity contribution in [3.63, 3.8) is 0 Å². The molecule has 1 amide bonds. The number of likely N-dealkylation sites (tertiary alicyclic amines) is 1. The summed E-state index contributed by atoms with van der Waals surface area (Å²) >= 11 is 0. The molecule has 1 aliphatic rings. The van der Waals surface area contributed by atoms with Crippen LogP contribution in [-0.2, 0) is 14.3 Å². The molecule has 27 heavy (non-hydrogen) atoms. The minimum absolute atomic E-state index is 0.0225. The van der Waals surface area contributed by atoms with Crippen molar-refractivity contribution in [2.75, 3.05) is 20.3 Å². The van der Waals surface area contributed by atoms with Crippen LogP contribution >= 0.6 is 0 Å². The van der Waals surface area contributed by atoms with Crippen LogP contribution in [0.3, 0.4) is 0 Å². The molecule has 1 aromatic heterocycles. The maximum Gasteiger partial charge on any atom is 0.295 e. The first-order valence-corrected chi connectivity index (χ1v) is 8.51. The molecule has 2 heterocycles. The van der Waals surface area contributed by atoms with E-state index in [0.29, 0.717) is 30.7 Å². The Morgan fingerprint density at radius 1 is 1.15 bits per heavy atom. The fraction of sp³-hybridized carbons (Fsp3) is 0.250. The molecule has 3 rings (SSSR count). The van der Waals surface area contributed by atoms with Gasteiger partial charge >= 0.3 is 0 Å². The molecule has 2 N–H and O–H groups in total. The number of amides is 1. The molecule has 7 nitrogen and oxygen atoms in total. The van der Waals surface area contributed by atoms with Gasteiger partial charge in [0.1, 0.15) is 11.5 Å². The van der Waals surface area contributed by atoms with E-state index in [1.807, 2.05) is 0 Å². The van der Waals surface area contributed by atoms with E-state index in [2.05, 4.69) is 4.98 Å². The number of hydrogen-bond donors (Lipinski definition) is 2. The van der Waals surface area contributed by atoms with Gasteiger partial charge in [0, 0.05) is 38.2 Å². The number of nitrogens with zero attached hydrogens (tertiary/aromatic N) is 2. The number of aliphatic hydroxyl groups is 1. The molecule has 0 aliphatic carbocycles. The third-order valence-electron chi connectivity index (χ3n) is 4.45. The molecule has 1 atom stereocenters. The SMILES string of the molecule is COCCCN1C(=O)C(=O)/C(=C(\O)c2ccncc2)C1c1ccc(O)cc1. The zero-order valence-electron chi connectivity index (χ0n) is 14.8. The Morgan fingerprint density at radius 3 is 2.44 bits per heavy atom. The van der Waals surface area contributed by atoms with Crippen LogP contribution in [-0.4, -0.2) is 52.0 Å². The first-order chi connectivity index (χ1) is 13.0. The van der Waals surface area contributed by atoms with E-state index in [4.69, 9.17) is 4.74 Å². The van der Waals surface area contributed by atoms with Gasteiger partial charge in [0.2, 0.25) is 0 Å². The molecule has 0 bridgehead atoms. The number of carbonyl (C=O) groups is 2. The average Bonchev–Trinajstić information content (AvgIpc) is 2.94. The monoisotopic (exact) mass is 368 g/mol. The van der Waals surface area contributed by atoms with Crippen molar-refractivity contribution in [2.24, 2.45) is 0 Å². The molecule has 0 spiro atoms. The van der Waals surface area contributed by atoms with E-state index in [9.17, 15) is 19.8 Å². The highest BCUT2D eigenvalue weighted by molar-refractivity contribution is 6.46. The maximum absolute atomic E-state index is 12.7. The van der Waals surface area contributed by atoms with Gasteiger partial charge < -0.3 is 19.8 Å². The van der Waals surface area contributed by atoms with Crippen LogP contribution in [0, 0.1) is 0 Å². The van der Waals surface area contributed by atoms with Gasteiger partial charge in [-0.25, -0.2) is 0 Å². The molecule has 1 fully saturated rings. The molecule has 1 saturated heterocycles. The van der Waals surface area contributed by atoms with Crippen molar-refractivity contribution in [1.29, 1.82) is 0 Å². The Hall–Kier alpha value is -3.19. The number of ketones is 1. The van der Waals surface area contributed by atoms with E-state index in [-0.39, 0.29) is 17.1 Å². The number of carbonyl (C=O) groups excluding carboxylic acids is 2. The summed E-state index contributed by atoms with van der Waals surface area (Å²) in [6, 6.07) is 8.64. The Bertz CT molecular complexity index is 862. The normalized spacial score (nSPS) is 18.9. The molecule has 0 radical (unpaired) electrons. The zero-order chi connectivity index (χ0) is 19.4. The van der Waals surface area contributed by atoms with Crippen LogP contribution in [0.2, 0.25) is 0 Å². The molecular weight excluding hydrogens is 348 g/mol.